The first-order valence-electron chi connectivity index (χ1n) is 4.34. The van der Waals surface area contributed by atoms with E-state index < -0.39 is 0 Å². The molecule has 0 fully saturated rings. The molecule has 0 aromatic heterocycles. The van der Waals surface area contributed by atoms with Gasteiger partial charge in [0.2, 0.25) is 0 Å². The van der Waals surface area contributed by atoms with E-state index in [0.717, 1.165) is 12.0 Å². The summed E-state index contributed by atoms with van der Waals surface area (Å²) in [6.45, 7) is 4.07. The maximum atomic E-state index is 12.5. The third kappa shape index (κ3) is 3.85. The average Bonchev–Trinajstić information content (AvgIpc) is 2.21. The van der Waals surface area contributed by atoms with Crippen molar-refractivity contribution in [2.24, 2.45) is 5.16 Å². The van der Waals surface area contributed by atoms with Gasteiger partial charge < -0.3 is 4.84 Å². The molecule has 1 rings (SSSR count). The minimum Gasteiger partial charge on any atom is -0.395 e. The van der Waals surface area contributed by atoms with Crippen LogP contribution in [0.2, 0.25) is 0 Å². The zero-order chi connectivity index (χ0) is 10.2. The van der Waals surface area contributed by atoms with Crippen LogP contribution < -0.4 is 0 Å². The summed E-state index contributed by atoms with van der Waals surface area (Å²) in [4.78, 5) is 4.91. The summed E-state index contributed by atoms with van der Waals surface area (Å²) in [6.07, 6.45) is 4.07. The first-order chi connectivity index (χ1) is 6.83. The molecule has 0 heterocycles. The molecule has 0 aliphatic heterocycles. The number of hydrogen-bond donors (Lipinski definition) is 0. The SMILES string of the molecule is C=CCCON=Cc1ccc(F)cc1. The largest absolute Gasteiger partial charge is 0.395 e. The van der Waals surface area contributed by atoms with E-state index in [4.69, 9.17) is 4.84 Å². The van der Waals surface area contributed by atoms with Crippen LogP contribution in [0.25, 0.3) is 0 Å². The van der Waals surface area contributed by atoms with Gasteiger partial charge in [0.1, 0.15) is 12.4 Å². The average molecular weight is 193 g/mol. The normalized spacial score (nSPS) is 10.4. The second-order valence-corrected chi connectivity index (χ2v) is 2.70. The Morgan fingerprint density at radius 1 is 1.36 bits per heavy atom. The Morgan fingerprint density at radius 3 is 2.71 bits per heavy atom. The van der Waals surface area contributed by atoms with Crippen LogP contribution in [-0.4, -0.2) is 12.8 Å². The van der Waals surface area contributed by atoms with Gasteiger partial charge in [-0.05, 0) is 17.7 Å². The Morgan fingerprint density at radius 2 is 2.07 bits per heavy atom. The van der Waals surface area contributed by atoms with Crippen molar-refractivity contribution in [2.75, 3.05) is 6.61 Å². The predicted octanol–water partition coefficient (Wildman–Crippen LogP) is 2.75. The molecule has 2 nitrogen and oxygen atoms in total. The number of hydrogen-bond acceptors (Lipinski definition) is 2. The fourth-order valence-corrected chi connectivity index (χ4v) is 0.836. The molecule has 0 N–H and O–H groups in total. The molecular weight excluding hydrogens is 181 g/mol. The van der Waals surface area contributed by atoms with Crippen molar-refractivity contribution in [1.82, 2.24) is 0 Å². The number of halogens is 1. The quantitative estimate of drug-likeness (QED) is 0.305. The monoisotopic (exact) mass is 193 g/mol. The lowest BCUT2D eigenvalue weighted by molar-refractivity contribution is 0.151. The van der Waals surface area contributed by atoms with Gasteiger partial charge in [0.15, 0.2) is 0 Å². The van der Waals surface area contributed by atoms with Crippen molar-refractivity contribution in [1.29, 1.82) is 0 Å². The Labute approximate surface area is 82.7 Å². The van der Waals surface area contributed by atoms with Gasteiger partial charge in [0.05, 0.1) is 6.21 Å². The summed E-state index contributed by atoms with van der Waals surface area (Å²) in [5, 5.41) is 3.71. The summed E-state index contributed by atoms with van der Waals surface area (Å²) in [6, 6.07) is 6.03. The highest BCUT2D eigenvalue weighted by Gasteiger charge is 1.89. The van der Waals surface area contributed by atoms with Crippen LogP contribution in [0.4, 0.5) is 4.39 Å². The van der Waals surface area contributed by atoms with E-state index in [-0.39, 0.29) is 5.82 Å². The molecule has 3 heteroatoms. The van der Waals surface area contributed by atoms with E-state index in [9.17, 15) is 4.39 Å². The van der Waals surface area contributed by atoms with Crippen LogP contribution in [0, 0.1) is 5.82 Å². The zero-order valence-electron chi connectivity index (χ0n) is 7.82. The van der Waals surface area contributed by atoms with Gasteiger partial charge in [0.25, 0.3) is 0 Å². The number of oxime groups is 1. The third-order valence-corrected chi connectivity index (χ3v) is 1.56. The summed E-state index contributed by atoms with van der Waals surface area (Å²) in [7, 11) is 0. The molecule has 14 heavy (non-hydrogen) atoms. The lowest BCUT2D eigenvalue weighted by Crippen LogP contribution is -1.87. The molecule has 0 atom stereocenters. The Hall–Kier alpha value is -1.64. The number of nitrogens with zero attached hydrogens (tertiary/aromatic N) is 1. The maximum Gasteiger partial charge on any atom is 0.123 e. The number of rotatable bonds is 5. The highest BCUT2D eigenvalue weighted by atomic mass is 19.1. The van der Waals surface area contributed by atoms with Crippen molar-refractivity contribution in [2.45, 2.75) is 6.42 Å². The van der Waals surface area contributed by atoms with E-state index in [1.165, 1.54) is 12.1 Å². The highest BCUT2D eigenvalue weighted by molar-refractivity contribution is 5.78. The first-order valence-corrected chi connectivity index (χ1v) is 4.34. The van der Waals surface area contributed by atoms with Gasteiger partial charge in [-0.2, -0.15) is 0 Å². The van der Waals surface area contributed by atoms with Crippen molar-refractivity contribution < 1.29 is 9.23 Å². The van der Waals surface area contributed by atoms with Crippen molar-refractivity contribution in [3.63, 3.8) is 0 Å². The van der Waals surface area contributed by atoms with Gasteiger partial charge in [-0.1, -0.05) is 23.4 Å². The number of benzene rings is 1. The Balaban J connectivity index is 2.36. The Bertz CT molecular complexity index is 306. The Kier molecular flexibility index (Phi) is 4.41. The van der Waals surface area contributed by atoms with E-state index in [1.807, 2.05) is 0 Å². The first kappa shape index (κ1) is 10.4. The minimum absolute atomic E-state index is 0.255. The fraction of sp³-hybridized carbons (Fsp3) is 0.182. The second kappa shape index (κ2) is 5.91. The van der Waals surface area contributed by atoms with E-state index in [1.54, 1.807) is 24.4 Å². The summed E-state index contributed by atoms with van der Waals surface area (Å²) in [5.41, 5.74) is 0.810. The van der Waals surface area contributed by atoms with Gasteiger partial charge in [-0.25, -0.2) is 4.39 Å². The molecule has 1 aromatic carbocycles. The zero-order valence-corrected chi connectivity index (χ0v) is 7.82. The maximum absolute atomic E-state index is 12.5. The molecule has 74 valence electrons. The molecule has 0 saturated heterocycles. The molecule has 0 aliphatic rings. The van der Waals surface area contributed by atoms with Gasteiger partial charge in [-0.3, -0.25) is 0 Å². The minimum atomic E-state index is -0.255. The van der Waals surface area contributed by atoms with Gasteiger partial charge >= 0.3 is 0 Å². The smallest absolute Gasteiger partial charge is 0.123 e. The lowest BCUT2D eigenvalue weighted by Gasteiger charge is -1.94. The summed E-state index contributed by atoms with van der Waals surface area (Å²) in [5.74, 6) is -0.255. The molecule has 0 aliphatic carbocycles. The van der Waals surface area contributed by atoms with Crippen LogP contribution >= 0.6 is 0 Å². The fourth-order valence-electron chi connectivity index (χ4n) is 0.836. The third-order valence-electron chi connectivity index (χ3n) is 1.56. The van der Waals surface area contributed by atoms with E-state index in [0.29, 0.717) is 6.61 Å². The van der Waals surface area contributed by atoms with Crippen LogP contribution in [0.15, 0.2) is 42.1 Å². The molecular formula is C11H12FNO. The van der Waals surface area contributed by atoms with E-state index in [2.05, 4.69) is 11.7 Å². The van der Waals surface area contributed by atoms with Crippen molar-refractivity contribution >= 4 is 6.21 Å². The molecule has 0 saturated carbocycles. The van der Waals surface area contributed by atoms with Gasteiger partial charge in [0, 0.05) is 6.42 Å². The topological polar surface area (TPSA) is 21.6 Å². The summed E-state index contributed by atoms with van der Waals surface area (Å²) >= 11 is 0. The molecule has 1 aromatic rings. The summed E-state index contributed by atoms with van der Waals surface area (Å²) < 4.78 is 12.5. The van der Waals surface area contributed by atoms with Crippen molar-refractivity contribution in [3.8, 4) is 0 Å². The van der Waals surface area contributed by atoms with E-state index >= 15 is 0 Å². The predicted molar refractivity (Wildman–Crippen MR) is 54.8 cm³/mol. The molecule has 0 radical (unpaired) electrons. The molecule has 0 spiro atoms. The standard InChI is InChI=1S/C11H12FNO/c1-2-3-8-14-13-9-10-4-6-11(12)7-5-10/h2,4-7,9H,1,3,8H2. The lowest BCUT2D eigenvalue weighted by atomic mass is 10.2. The van der Waals surface area contributed by atoms with Crippen LogP contribution in [0.1, 0.15) is 12.0 Å². The van der Waals surface area contributed by atoms with Crippen molar-refractivity contribution in [3.05, 3.63) is 48.3 Å². The van der Waals surface area contributed by atoms with Crippen LogP contribution in [-0.2, 0) is 4.84 Å². The van der Waals surface area contributed by atoms with Crippen LogP contribution in [0.5, 0.6) is 0 Å². The molecule has 0 unspecified atom stereocenters. The second-order valence-electron chi connectivity index (χ2n) is 2.70. The van der Waals surface area contributed by atoms with Gasteiger partial charge in [-0.15, -0.1) is 6.58 Å². The molecule has 0 amide bonds. The van der Waals surface area contributed by atoms with Crippen LogP contribution in [0.3, 0.4) is 0 Å². The molecule has 0 bridgehead atoms. The highest BCUT2D eigenvalue weighted by Crippen LogP contribution is 1.99.